The fraction of sp³-hybridized carbons (Fsp3) is 0.700. The van der Waals surface area contributed by atoms with E-state index in [0.29, 0.717) is 6.54 Å². The first kappa shape index (κ1) is 9.68. The van der Waals surface area contributed by atoms with E-state index in [1.54, 1.807) is 0 Å². The van der Waals surface area contributed by atoms with Gasteiger partial charge in [-0.25, -0.2) is 0 Å². The zero-order valence-corrected chi connectivity index (χ0v) is 8.57. The van der Waals surface area contributed by atoms with Gasteiger partial charge in [0.05, 0.1) is 11.7 Å². The molecule has 4 heteroatoms. The van der Waals surface area contributed by atoms with E-state index in [-0.39, 0.29) is 5.54 Å². The maximum Gasteiger partial charge on any atom is 0.0793 e. The Hall–Kier alpha value is -0.870. The van der Waals surface area contributed by atoms with Gasteiger partial charge in [0.25, 0.3) is 0 Å². The van der Waals surface area contributed by atoms with Crippen molar-refractivity contribution >= 4 is 0 Å². The Morgan fingerprint density at radius 1 is 1.57 bits per heavy atom. The van der Waals surface area contributed by atoms with Gasteiger partial charge < -0.3 is 10.5 Å². The molecule has 0 bridgehead atoms. The third-order valence-corrected chi connectivity index (χ3v) is 3.00. The lowest BCUT2D eigenvalue weighted by Crippen LogP contribution is -2.46. The number of hydrogen-bond donors (Lipinski definition) is 1. The molecule has 0 radical (unpaired) electrons. The minimum absolute atomic E-state index is 0.00743. The van der Waals surface area contributed by atoms with Gasteiger partial charge in [0.15, 0.2) is 0 Å². The SMILES string of the molecule is Cc1cnn(C2(CN)CCOCC2)c1. The Morgan fingerprint density at radius 2 is 2.29 bits per heavy atom. The van der Waals surface area contributed by atoms with Crippen molar-refractivity contribution in [1.82, 2.24) is 9.78 Å². The molecule has 2 rings (SSSR count). The summed E-state index contributed by atoms with van der Waals surface area (Å²) < 4.78 is 7.38. The summed E-state index contributed by atoms with van der Waals surface area (Å²) in [7, 11) is 0. The summed E-state index contributed by atoms with van der Waals surface area (Å²) in [5, 5.41) is 4.36. The molecule has 1 aliphatic heterocycles. The highest BCUT2D eigenvalue weighted by Gasteiger charge is 2.33. The molecule has 1 saturated heterocycles. The zero-order chi connectivity index (χ0) is 10.0. The van der Waals surface area contributed by atoms with Gasteiger partial charge in [-0.2, -0.15) is 5.10 Å². The lowest BCUT2D eigenvalue weighted by atomic mass is 9.90. The first-order chi connectivity index (χ1) is 6.77. The van der Waals surface area contributed by atoms with Crippen LogP contribution < -0.4 is 5.73 Å². The predicted octanol–water partition coefficient (Wildman–Crippen LogP) is 0.656. The molecule has 0 aromatic carbocycles. The van der Waals surface area contributed by atoms with E-state index in [2.05, 4.69) is 11.3 Å². The number of nitrogens with two attached hydrogens (primary N) is 1. The van der Waals surface area contributed by atoms with E-state index < -0.39 is 0 Å². The van der Waals surface area contributed by atoms with E-state index in [4.69, 9.17) is 10.5 Å². The second-order valence-electron chi connectivity index (χ2n) is 4.00. The van der Waals surface area contributed by atoms with Crippen LogP contribution in [0, 0.1) is 6.92 Å². The molecule has 0 amide bonds. The Labute approximate surface area is 84.0 Å². The van der Waals surface area contributed by atoms with Gasteiger partial charge in [-0.3, -0.25) is 4.68 Å². The van der Waals surface area contributed by atoms with Gasteiger partial charge in [-0.1, -0.05) is 0 Å². The minimum Gasteiger partial charge on any atom is -0.381 e. The predicted molar refractivity (Wildman–Crippen MR) is 54.0 cm³/mol. The van der Waals surface area contributed by atoms with E-state index in [9.17, 15) is 0 Å². The standard InChI is InChI=1S/C10H17N3O/c1-9-6-12-13(7-9)10(8-11)2-4-14-5-3-10/h6-7H,2-5,8,11H2,1H3. The summed E-state index contributed by atoms with van der Waals surface area (Å²) in [4.78, 5) is 0. The van der Waals surface area contributed by atoms with E-state index >= 15 is 0 Å². The maximum atomic E-state index is 5.86. The molecule has 1 aromatic rings. The van der Waals surface area contributed by atoms with Crippen LogP contribution in [0.3, 0.4) is 0 Å². The first-order valence-corrected chi connectivity index (χ1v) is 5.06. The Morgan fingerprint density at radius 3 is 2.79 bits per heavy atom. The van der Waals surface area contributed by atoms with Crippen molar-refractivity contribution in [2.24, 2.45) is 5.73 Å². The van der Waals surface area contributed by atoms with Gasteiger partial charge in [0.2, 0.25) is 0 Å². The van der Waals surface area contributed by atoms with Crippen LogP contribution in [0.5, 0.6) is 0 Å². The average Bonchev–Trinajstić information content (AvgIpc) is 2.66. The zero-order valence-electron chi connectivity index (χ0n) is 8.57. The highest BCUT2D eigenvalue weighted by Crippen LogP contribution is 2.27. The lowest BCUT2D eigenvalue weighted by Gasteiger charge is -2.36. The van der Waals surface area contributed by atoms with Crippen molar-refractivity contribution in [2.45, 2.75) is 25.3 Å². The topological polar surface area (TPSA) is 53.1 Å². The van der Waals surface area contributed by atoms with Crippen LogP contribution >= 0.6 is 0 Å². The van der Waals surface area contributed by atoms with Gasteiger partial charge in [0.1, 0.15) is 0 Å². The number of rotatable bonds is 2. The molecule has 2 heterocycles. The Kier molecular flexibility index (Phi) is 2.56. The third kappa shape index (κ3) is 1.55. The monoisotopic (exact) mass is 195 g/mol. The van der Waals surface area contributed by atoms with Crippen molar-refractivity contribution in [1.29, 1.82) is 0 Å². The summed E-state index contributed by atoms with van der Waals surface area (Å²) in [5.74, 6) is 0. The van der Waals surface area contributed by atoms with Gasteiger partial charge >= 0.3 is 0 Å². The van der Waals surface area contributed by atoms with Crippen LogP contribution in [0.4, 0.5) is 0 Å². The molecule has 0 aliphatic carbocycles. The quantitative estimate of drug-likeness (QED) is 0.754. The fourth-order valence-corrected chi connectivity index (χ4v) is 1.95. The summed E-state index contributed by atoms with van der Waals surface area (Å²) in [5.41, 5.74) is 7.04. The van der Waals surface area contributed by atoms with Crippen molar-refractivity contribution in [3.8, 4) is 0 Å². The molecule has 0 saturated carbocycles. The van der Waals surface area contributed by atoms with Crippen LogP contribution in [0.1, 0.15) is 18.4 Å². The highest BCUT2D eigenvalue weighted by molar-refractivity contribution is 5.03. The summed E-state index contributed by atoms with van der Waals surface area (Å²) in [6.07, 6.45) is 5.88. The first-order valence-electron chi connectivity index (χ1n) is 5.06. The van der Waals surface area contributed by atoms with Crippen LogP contribution in [-0.2, 0) is 10.3 Å². The number of ether oxygens (including phenoxy) is 1. The normalized spacial score (nSPS) is 21.0. The van der Waals surface area contributed by atoms with Crippen molar-refractivity contribution in [2.75, 3.05) is 19.8 Å². The summed E-state index contributed by atoms with van der Waals surface area (Å²) in [6.45, 7) is 4.26. The Balaban J connectivity index is 2.26. The highest BCUT2D eigenvalue weighted by atomic mass is 16.5. The van der Waals surface area contributed by atoms with E-state index in [1.807, 2.05) is 17.8 Å². The van der Waals surface area contributed by atoms with Gasteiger partial charge in [-0.05, 0) is 25.3 Å². The van der Waals surface area contributed by atoms with E-state index in [1.165, 1.54) is 5.56 Å². The van der Waals surface area contributed by atoms with E-state index in [0.717, 1.165) is 26.1 Å². The van der Waals surface area contributed by atoms with Crippen molar-refractivity contribution in [3.63, 3.8) is 0 Å². The third-order valence-electron chi connectivity index (χ3n) is 3.00. The fourth-order valence-electron chi connectivity index (χ4n) is 1.95. The molecule has 1 aliphatic rings. The number of nitrogens with zero attached hydrogens (tertiary/aromatic N) is 2. The van der Waals surface area contributed by atoms with Crippen molar-refractivity contribution < 1.29 is 4.74 Å². The van der Waals surface area contributed by atoms with Gasteiger partial charge in [-0.15, -0.1) is 0 Å². The maximum absolute atomic E-state index is 5.86. The second kappa shape index (κ2) is 3.71. The second-order valence-corrected chi connectivity index (χ2v) is 4.00. The summed E-state index contributed by atoms with van der Waals surface area (Å²) >= 11 is 0. The average molecular weight is 195 g/mol. The van der Waals surface area contributed by atoms with Crippen LogP contribution in [0.2, 0.25) is 0 Å². The molecule has 0 spiro atoms. The van der Waals surface area contributed by atoms with Gasteiger partial charge in [0, 0.05) is 26.0 Å². The van der Waals surface area contributed by atoms with Crippen molar-refractivity contribution in [3.05, 3.63) is 18.0 Å². The van der Waals surface area contributed by atoms with Crippen LogP contribution in [-0.4, -0.2) is 29.5 Å². The molecule has 4 nitrogen and oxygen atoms in total. The molecule has 1 fully saturated rings. The number of hydrogen-bond acceptors (Lipinski definition) is 3. The van der Waals surface area contributed by atoms with Crippen LogP contribution in [0.25, 0.3) is 0 Å². The number of aryl methyl sites for hydroxylation is 1. The molecular weight excluding hydrogens is 178 g/mol. The summed E-state index contributed by atoms with van der Waals surface area (Å²) in [6, 6.07) is 0. The molecular formula is C10H17N3O. The molecule has 1 aromatic heterocycles. The largest absolute Gasteiger partial charge is 0.381 e. The minimum atomic E-state index is -0.00743. The Bertz CT molecular complexity index is 302. The smallest absolute Gasteiger partial charge is 0.0793 e. The number of aromatic nitrogens is 2. The molecule has 0 atom stereocenters. The lowest BCUT2D eigenvalue weighted by molar-refractivity contribution is 0.0192. The van der Waals surface area contributed by atoms with Crippen LogP contribution in [0.15, 0.2) is 12.4 Å². The molecule has 2 N–H and O–H groups in total. The molecule has 0 unspecified atom stereocenters. The molecule has 14 heavy (non-hydrogen) atoms. The molecule has 78 valence electrons.